The molecule has 0 aromatic heterocycles. The second kappa shape index (κ2) is 5.26. The summed E-state index contributed by atoms with van der Waals surface area (Å²) < 4.78 is 9.98. The number of benzene rings is 1. The molecule has 6 heteroatoms. The predicted octanol–water partition coefficient (Wildman–Crippen LogP) is 1.95. The van der Waals surface area contributed by atoms with Crippen molar-refractivity contribution in [1.82, 2.24) is 0 Å². The maximum absolute atomic E-state index is 12.8. The summed E-state index contributed by atoms with van der Waals surface area (Å²) in [5.74, 6) is -2.50. The molecule has 2 bridgehead atoms. The second-order valence-corrected chi connectivity index (χ2v) is 6.82. The third-order valence-electron chi connectivity index (χ3n) is 5.54. The average molecular weight is 330 g/mol. The highest BCUT2D eigenvalue weighted by Crippen LogP contribution is 2.62. The molecule has 2 unspecified atom stereocenters. The van der Waals surface area contributed by atoms with Crippen molar-refractivity contribution in [2.75, 3.05) is 7.11 Å². The van der Waals surface area contributed by atoms with Crippen LogP contribution in [0.2, 0.25) is 0 Å². The monoisotopic (exact) mass is 330 g/mol. The molecule has 0 radical (unpaired) electrons. The first-order valence-corrected chi connectivity index (χ1v) is 7.75. The predicted molar refractivity (Wildman–Crippen MR) is 82.4 cm³/mol. The molecule has 0 spiro atoms. The molecular formula is C18H18O6. The molecule has 3 rings (SSSR count). The molecule has 0 heterocycles. The number of ether oxygens (including phenoxy) is 2. The first-order chi connectivity index (χ1) is 11.3. The Bertz CT molecular complexity index is 745. The van der Waals surface area contributed by atoms with Gasteiger partial charge in [0.1, 0.15) is 11.2 Å². The van der Waals surface area contributed by atoms with E-state index < -0.39 is 40.3 Å². The lowest BCUT2D eigenvalue weighted by atomic mass is 9.69. The summed E-state index contributed by atoms with van der Waals surface area (Å²) in [6.07, 6.45) is 0.849. The number of fused-ring (bicyclic) bond motifs is 2. The van der Waals surface area contributed by atoms with Crippen LogP contribution in [0, 0.1) is 16.7 Å². The van der Waals surface area contributed by atoms with E-state index in [1.807, 2.05) is 0 Å². The van der Waals surface area contributed by atoms with Crippen molar-refractivity contribution in [3.05, 3.63) is 29.8 Å². The highest BCUT2D eigenvalue weighted by Gasteiger charge is 2.73. The summed E-state index contributed by atoms with van der Waals surface area (Å²) in [6, 6.07) is 5.86. The zero-order valence-electron chi connectivity index (χ0n) is 13.8. The normalized spacial score (nSPS) is 27.2. The highest BCUT2D eigenvalue weighted by molar-refractivity contribution is 6.47. The minimum absolute atomic E-state index is 0.216. The number of Topliss-reactive ketones (excluding diaryl/α,β-unsaturated/α-hetero) is 2. The van der Waals surface area contributed by atoms with Gasteiger partial charge >= 0.3 is 11.9 Å². The number of methoxy groups -OCH3 is 1. The lowest BCUT2D eigenvalue weighted by Crippen LogP contribution is -2.46. The van der Waals surface area contributed by atoms with Gasteiger partial charge in [0.2, 0.25) is 11.6 Å². The molecule has 1 aromatic rings. The Balaban J connectivity index is 1.86. The van der Waals surface area contributed by atoms with E-state index in [2.05, 4.69) is 4.74 Å². The quantitative estimate of drug-likeness (QED) is 0.364. The summed E-state index contributed by atoms with van der Waals surface area (Å²) in [7, 11) is 1.27. The zero-order chi connectivity index (χ0) is 17.7. The summed E-state index contributed by atoms with van der Waals surface area (Å²) in [5.41, 5.74) is -1.83. The minimum atomic E-state index is -1.41. The molecule has 24 heavy (non-hydrogen) atoms. The van der Waals surface area contributed by atoms with Crippen LogP contribution in [0.25, 0.3) is 0 Å². The average Bonchev–Trinajstić information content (AvgIpc) is 2.91. The zero-order valence-corrected chi connectivity index (χ0v) is 13.8. The standard InChI is InChI=1S/C18H18O6/c1-17(2)12-8-9-18(17,14(20)13(12)19)16(22)24-11-6-4-10(5-7-11)15(21)23-3/h4-7,12H,8-9H2,1-3H3. The lowest BCUT2D eigenvalue weighted by Gasteiger charge is -2.32. The molecule has 1 aromatic carbocycles. The third kappa shape index (κ3) is 1.95. The van der Waals surface area contributed by atoms with Crippen LogP contribution in [0.5, 0.6) is 5.75 Å². The maximum Gasteiger partial charge on any atom is 0.337 e. The van der Waals surface area contributed by atoms with Gasteiger partial charge in [0.05, 0.1) is 12.7 Å². The Morgan fingerprint density at radius 2 is 1.75 bits per heavy atom. The summed E-state index contributed by atoms with van der Waals surface area (Å²) >= 11 is 0. The molecular weight excluding hydrogens is 312 g/mol. The molecule has 6 nitrogen and oxygen atoms in total. The van der Waals surface area contributed by atoms with Crippen molar-refractivity contribution in [2.24, 2.45) is 16.7 Å². The molecule has 2 aliphatic rings. The van der Waals surface area contributed by atoms with E-state index in [0.29, 0.717) is 18.4 Å². The number of carbonyl (C=O) groups excluding carboxylic acids is 4. The number of hydrogen-bond donors (Lipinski definition) is 0. The van der Waals surface area contributed by atoms with Gasteiger partial charge in [-0.3, -0.25) is 14.4 Å². The largest absolute Gasteiger partial charge is 0.465 e. The number of esters is 2. The van der Waals surface area contributed by atoms with E-state index in [1.54, 1.807) is 13.8 Å². The van der Waals surface area contributed by atoms with Crippen molar-refractivity contribution in [2.45, 2.75) is 26.7 Å². The van der Waals surface area contributed by atoms with Crippen LogP contribution in [0.3, 0.4) is 0 Å². The maximum atomic E-state index is 12.8. The van der Waals surface area contributed by atoms with Crippen molar-refractivity contribution in [1.29, 1.82) is 0 Å². The van der Waals surface area contributed by atoms with Gasteiger partial charge in [0.25, 0.3) is 0 Å². The third-order valence-corrected chi connectivity index (χ3v) is 5.54. The Morgan fingerprint density at radius 1 is 1.12 bits per heavy atom. The van der Waals surface area contributed by atoms with E-state index in [1.165, 1.54) is 31.4 Å². The Labute approximate surface area is 139 Å². The van der Waals surface area contributed by atoms with Crippen LogP contribution in [0.15, 0.2) is 24.3 Å². The van der Waals surface area contributed by atoms with Crippen molar-refractivity contribution in [3.8, 4) is 5.75 Å². The van der Waals surface area contributed by atoms with Crippen molar-refractivity contribution in [3.63, 3.8) is 0 Å². The topological polar surface area (TPSA) is 86.7 Å². The SMILES string of the molecule is COC(=O)c1ccc(OC(=O)C23CCC(C(=O)C2=O)C3(C)C)cc1. The highest BCUT2D eigenvalue weighted by atomic mass is 16.5. The van der Waals surface area contributed by atoms with Crippen LogP contribution in [-0.2, 0) is 19.1 Å². The van der Waals surface area contributed by atoms with E-state index in [4.69, 9.17) is 4.74 Å². The first kappa shape index (κ1) is 16.4. The summed E-state index contributed by atoms with van der Waals surface area (Å²) in [4.78, 5) is 48.7. The van der Waals surface area contributed by atoms with Crippen LogP contribution >= 0.6 is 0 Å². The van der Waals surface area contributed by atoms with Gasteiger partial charge in [0.15, 0.2) is 0 Å². The molecule has 2 fully saturated rings. The van der Waals surface area contributed by atoms with Gasteiger partial charge in [-0.2, -0.15) is 0 Å². The molecule has 2 aliphatic carbocycles. The molecule has 0 aliphatic heterocycles. The number of ketones is 2. The second-order valence-electron chi connectivity index (χ2n) is 6.82. The summed E-state index contributed by atoms with van der Waals surface area (Å²) in [6.45, 7) is 3.55. The van der Waals surface area contributed by atoms with Gasteiger partial charge < -0.3 is 9.47 Å². The molecule has 0 saturated heterocycles. The fourth-order valence-electron chi connectivity index (χ4n) is 4.00. The van der Waals surface area contributed by atoms with Gasteiger partial charge in [0, 0.05) is 5.92 Å². The molecule has 2 atom stereocenters. The number of rotatable bonds is 3. The number of carbonyl (C=O) groups is 4. The van der Waals surface area contributed by atoms with E-state index in [0.717, 1.165) is 0 Å². The van der Waals surface area contributed by atoms with Gasteiger partial charge in [-0.25, -0.2) is 4.79 Å². The van der Waals surface area contributed by atoms with Gasteiger partial charge in [-0.15, -0.1) is 0 Å². The molecule has 0 N–H and O–H groups in total. The van der Waals surface area contributed by atoms with Crippen LogP contribution in [0.4, 0.5) is 0 Å². The Hall–Kier alpha value is -2.50. The van der Waals surface area contributed by atoms with E-state index in [9.17, 15) is 19.2 Å². The molecule has 126 valence electrons. The Morgan fingerprint density at radius 3 is 2.25 bits per heavy atom. The van der Waals surface area contributed by atoms with Crippen molar-refractivity contribution < 1.29 is 28.7 Å². The lowest BCUT2D eigenvalue weighted by molar-refractivity contribution is -0.157. The van der Waals surface area contributed by atoms with Crippen molar-refractivity contribution >= 4 is 23.5 Å². The molecule has 2 saturated carbocycles. The minimum Gasteiger partial charge on any atom is -0.465 e. The van der Waals surface area contributed by atoms with E-state index >= 15 is 0 Å². The molecule has 0 amide bonds. The fraction of sp³-hybridized carbons (Fsp3) is 0.444. The van der Waals surface area contributed by atoms with Crippen LogP contribution in [0.1, 0.15) is 37.0 Å². The Kier molecular flexibility index (Phi) is 3.59. The van der Waals surface area contributed by atoms with Crippen LogP contribution in [-0.4, -0.2) is 30.6 Å². The van der Waals surface area contributed by atoms with Crippen LogP contribution < -0.4 is 4.74 Å². The van der Waals surface area contributed by atoms with E-state index in [-0.39, 0.29) is 5.75 Å². The summed E-state index contributed by atoms with van der Waals surface area (Å²) in [5, 5.41) is 0. The first-order valence-electron chi connectivity index (χ1n) is 7.75. The number of hydrogen-bond acceptors (Lipinski definition) is 6. The smallest absolute Gasteiger partial charge is 0.337 e. The fourth-order valence-corrected chi connectivity index (χ4v) is 4.00. The van der Waals surface area contributed by atoms with Gasteiger partial charge in [-0.05, 0) is 42.5 Å². The van der Waals surface area contributed by atoms with Gasteiger partial charge in [-0.1, -0.05) is 13.8 Å².